The largest absolute Gasteiger partial charge is 0.331 e. The van der Waals surface area contributed by atoms with Crippen LogP contribution in [-0.2, 0) is 6.54 Å². The monoisotopic (exact) mass is 259 g/mol. The van der Waals surface area contributed by atoms with E-state index in [0.717, 1.165) is 36.3 Å². The molecule has 0 aliphatic heterocycles. The first-order valence-electron chi connectivity index (χ1n) is 7.93. The van der Waals surface area contributed by atoms with Gasteiger partial charge in [-0.15, -0.1) is 0 Å². The second-order valence-corrected chi connectivity index (χ2v) is 7.14. The van der Waals surface area contributed by atoms with Crippen molar-refractivity contribution in [1.29, 1.82) is 0 Å². The van der Waals surface area contributed by atoms with E-state index in [9.17, 15) is 0 Å². The van der Waals surface area contributed by atoms with E-state index in [2.05, 4.69) is 23.0 Å². The van der Waals surface area contributed by atoms with Gasteiger partial charge in [0.25, 0.3) is 0 Å². The van der Waals surface area contributed by atoms with Crippen LogP contribution in [0.1, 0.15) is 49.7 Å². The molecule has 4 saturated carbocycles. The lowest BCUT2D eigenvalue weighted by atomic mass is 9.54. The minimum absolute atomic E-state index is 0.755. The minimum atomic E-state index is 0.755. The van der Waals surface area contributed by atoms with Gasteiger partial charge in [-0.2, -0.15) is 0 Å². The molecule has 1 aromatic rings. The van der Waals surface area contributed by atoms with E-state index >= 15 is 0 Å². The van der Waals surface area contributed by atoms with Crippen molar-refractivity contribution in [3.05, 3.63) is 17.7 Å². The SMILES string of the molecule is CNCc1cn(C2C3CC4CC(C3)CC2C4)c(C)n1. The molecule has 1 heterocycles. The van der Waals surface area contributed by atoms with Crippen molar-refractivity contribution in [2.45, 2.75) is 51.6 Å². The Bertz CT molecular complexity index is 448. The minimum Gasteiger partial charge on any atom is -0.331 e. The fraction of sp³-hybridized carbons (Fsp3) is 0.812. The van der Waals surface area contributed by atoms with Gasteiger partial charge in [0.1, 0.15) is 5.82 Å². The van der Waals surface area contributed by atoms with Crippen molar-refractivity contribution in [3.63, 3.8) is 0 Å². The third kappa shape index (κ3) is 1.85. The summed E-state index contributed by atoms with van der Waals surface area (Å²) in [4.78, 5) is 4.73. The third-order valence-corrected chi connectivity index (χ3v) is 5.82. The van der Waals surface area contributed by atoms with Crippen LogP contribution in [-0.4, -0.2) is 16.6 Å². The van der Waals surface area contributed by atoms with Gasteiger partial charge in [-0.25, -0.2) is 4.98 Å². The Labute approximate surface area is 115 Å². The molecule has 19 heavy (non-hydrogen) atoms. The van der Waals surface area contributed by atoms with E-state index in [1.807, 2.05) is 7.05 Å². The van der Waals surface area contributed by atoms with Crippen LogP contribution >= 0.6 is 0 Å². The maximum absolute atomic E-state index is 4.73. The van der Waals surface area contributed by atoms with Gasteiger partial charge < -0.3 is 9.88 Å². The fourth-order valence-corrected chi connectivity index (χ4v) is 5.47. The highest BCUT2D eigenvalue weighted by atomic mass is 15.1. The lowest BCUT2D eigenvalue weighted by molar-refractivity contribution is -0.0298. The molecular formula is C16H25N3. The van der Waals surface area contributed by atoms with Gasteiger partial charge in [0.2, 0.25) is 0 Å². The smallest absolute Gasteiger partial charge is 0.106 e. The molecule has 1 N–H and O–H groups in total. The predicted molar refractivity (Wildman–Crippen MR) is 75.8 cm³/mol. The van der Waals surface area contributed by atoms with E-state index in [1.165, 1.54) is 43.6 Å². The van der Waals surface area contributed by atoms with Crippen molar-refractivity contribution in [1.82, 2.24) is 14.9 Å². The number of hydrogen-bond acceptors (Lipinski definition) is 2. The number of imidazole rings is 1. The van der Waals surface area contributed by atoms with Crippen LogP contribution < -0.4 is 5.32 Å². The first kappa shape index (κ1) is 12.0. The standard InChI is InChI=1S/C16H25N3/c1-10-18-15(8-17-2)9-19(10)16-13-4-11-3-12(6-13)7-14(16)5-11/h9,11-14,16-17H,3-8H2,1-2H3. The van der Waals surface area contributed by atoms with Gasteiger partial charge in [-0.1, -0.05) is 0 Å². The summed E-state index contributed by atoms with van der Waals surface area (Å²) in [6.07, 6.45) is 9.78. The Kier molecular flexibility index (Phi) is 2.73. The van der Waals surface area contributed by atoms with Crippen molar-refractivity contribution >= 4 is 0 Å². The van der Waals surface area contributed by atoms with Crippen molar-refractivity contribution < 1.29 is 0 Å². The lowest BCUT2D eigenvalue weighted by Crippen LogP contribution is -2.46. The molecule has 4 fully saturated rings. The van der Waals surface area contributed by atoms with Gasteiger partial charge in [0, 0.05) is 18.8 Å². The Morgan fingerprint density at radius 2 is 1.79 bits per heavy atom. The van der Waals surface area contributed by atoms with Crippen LogP contribution in [0, 0.1) is 30.6 Å². The van der Waals surface area contributed by atoms with Crippen molar-refractivity contribution in [2.24, 2.45) is 23.7 Å². The Morgan fingerprint density at radius 3 is 2.37 bits per heavy atom. The maximum atomic E-state index is 4.73. The van der Waals surface area contributed by atoms with E-state index in [4.69, 9.17) is 4.98 Å². The summed E-state index contributed by atoms with van der Waals surface area (Å²) >= 11 is 0. The van der Waals surface area contributed by atoms with E-state index in [0.29, 0.717) is 0 Å². The second-order valence-electron chi connectivity index (χ2n) is 7.14. The quantitative estimate of drug-likeness (QED) is 0.904. The fourth-order valence-electron chi connectivity index (χ4n) is 5.47. The first-order valence-corrected chi connectivity index (χ1v) is 7.93. The molecule has 0 spiro atoms. The van der Waals surface area contributed by atoms with Gasteiger partial charge in [-0.05, 0) is 69.7 Å². The van der Waals surface area contributed by atoms with E-state index in [1.54, 1.807) is 0 Å². The normalized spacial score (nSPS) is 40.0. The van der Waals surface area contributed by atoms with Crippen LogP contribution in [0.5, 0.6) is 0 Å². The Morgan fingerprint density at radius 1 is 1.16 bits per heavy atom. The van der Waals surface area contributed by atoms with Crippen LogP contribution in [0.15, 0.2) is 6.20 Å². The number of aryl methyl sites for hydroxylation is 1. The molecule has 0 amide bonds. The predicted octanol–water partition coefficient (Wildman–Crippen LogP) is 2.91. The summed E-state index contributed by atoms with van der Waals surface area (Å²) in [5.41, 5.74) is 1.20. The van der Waals surface area contributed by atoms with E-state index in [-0.39, 0.29) is 0 Å². The number of nitrogens with zero attached hydrogens (tertiary/aromatic N) is 2. The summed E-state index contributed by atoms with van der Waals surface area (Å²) in [5, 5.41) is 3.22. The van der Waals surface area contributed by atoms with E-state index < -0.39 is 0 Å². The summed E-state index contributed by atoms with van der Waals surface area (Å²) in [7, 11) is 2.00. The zero-order chi connectivity index (χ0) is 13.0. The summed E-state index contributed by atoms with van der Waals surface area (Å²) in [6, 6.07) is 0.755. The molecule has 0 saturated heterocycles. The molecule has 0 atom stereocenters. The van der Waals surface area contributed by atoms with Gasteiger partial charge >= 0.3 is 0 Å². The highest BCUT2D eigenvalue weighted by molar-refractivity contribution is 5.09. The average Bonchev–Trinajstić information content (AvgIpc) is 2.69. The molecule has 104 valence electrons. The molecule has 3 heteroatoms. The molecule has 4 aliphatic rings. The first-order chi connectivity index (χ1) is 9.24. The Hall–Kier alpha value is -0.830. The molecule has 0 radical (unpaired) electrons. The number of nitrogens with one attached hydrogen (secondary N) is 1. The van der Waals surface area contributed by atoms with Gasteiger partial charge in [0.05, 0.1) is 5.69 Å². The topological polar surface area (TPSA) is 29.9 Å². The van der Waals surface area contributed by atoms with Crippen molar-refractivity contribution in [3.8, 4) is 0 Å². The summed E-state index contributed by atoms with van der Waals surface area (Å²) in [5.74, 6) is 5.21. The van der Waals surface area contributed by atoms with Crippen LogP contribution in [0.3, 0.4) is 0 Å². The van der Waals surface area contributed by atoms with Crippen LogP contribution in [0.4, 0.5) is 0 Å². The molecule has 0 aromatic carbocycles. The van der Waals surface area contributed by atoms with Crippen molar-refractivity contribution in [2.75, 3.05) is 7.05 Å². The molecule has 1 aromatic heterocycles. The third-order valence-electron chi connectivity index (χ3n) is 5.82. The van der Waals surface area contributed by atoms with Gasteiger partial charge in [0.15, 0.2) is 0 Å². The average molecular weight is 259 g/mol. The number of rotatable bonds is 3. The molecule has 0 unspecified atom stereocenters. The Balaban J connectivity index is 1.65. The lowest BCUT2D eigenvalue weighted by Gasteiger charge is -2.54. The second kappa shape index (κ2) is 4.34. The molecule has 4 bridgehead atoms. The summed E-state index contributed by atoms with van der Waals surface area (Å²) in [6.45, 7) is 3.07. The van der Waals surface area contributed by atoms with Gasteiger partial charge in [-0.3, -0.25) is 0 Å². The zero-order valence-corrected chi connectivity index (χ0v) is 12.1. The zero-order valence-electron chi connectivity index (χ0n) is 12.1. The highest BCUT2D eigenvalue weighted by Crippen LogP contribution is 2.58. The maximum Gasteiger partial charge on any atom is 0.106 e. The highest BCUT2D eigenvalue weighted by Gasteiger charge is 2.49. The van der Waals surface area contributed by atoms with Crippen LogP contribution in [0.25, 0.3) is 0 Å². The molecule has 3 nitrogen and oxygen atoms in total. The number of aromatic nitrogens is 2. The molecule has 5 rings (SSSR count). The molecule has 4 aliphatic carbocycles. The number of hydrogen-bond donors (Lipinski definition) is 1. The summed E-state index contributed by atoms with van der Waals surface area (Å²) < 4.78 is 2.53. The molecular weight excluding hydrogens is 234 g/mol. The van der Waals surface area contributed by atoms with Crippen LogP contribution in [0.2, 0.25) is 0 Å².